The molecule has 2 aliphatic rings. The zero-order chi connectivity index (χ0) is 10.3. The first-order valence-electron chi connectivity index (χ1n) is 5.54. The van der Waals surface area contributed by atoms with E-state index in [0.717, 1.165) is 33.3 Å². The van der Waals surface area contributed by atoms with Gasteiger partial charge in [0.15, 0.2) is 3.92 Å². The first-order chi connectivity index (χ1) is 7.31. The first kappa shape index (κ1) is 10.0. The van der Waals surface area contributed by atoms with Crippen LogP contribution in [-0.2, 0) is 0 Å². The molecule has 3 unspecified atom stereocenters. The third-order valence-electron chi connectivity index (χ3n) is 3.80. The minimum atomic E-state index is 0.859. The summed E-state index contributed by atoms with van der Waals surface area (Å²) in [6.07, 6.45) is 5.84. The van der Waals surface area contributed by atoms with Crippen LogP contribution in [0.25, 0.3) is 0 Å². The van der Waals surface area contributed by atoms with Gasteiger partial charge in [0.25, 0.3) is 0 Å². The lowest BCUT2D eigenvalue weighted by atomic mass is 9.89. The van der Waals surface area contributed by atoms with Gasteiger partial charge < -0.3 is 5.32 Å². The van der Waals surface area contributed by atoms with Crippen LogP contribution in [0.5, 0.6) is 0 Å². The number of nitrogens with one attached hydrogen (secondary N) is 1. The molecule has 3 atom stereocenters. The molecule has 1 aromatic rings. The summed E-state index contributed by atoms with van der Waals surface area (Å²) in [5.74, 6) is 2.90. The maximum Gasteiger partial charge on any atom is 0.206 e. The Morgan fingerprint density at radius 2 is 2.27 bits per heavy atom. The largest absolute Gasteiger partial charge is 0.360 e. The second kappa shape index (κ2) is 4.01. The highest BCUT2D eigenvalue weighted by Gasteiger charge is 2.39. The molecule has 2 saturated carbocycles. The summed E-state index contributed by atoms with van der Waals surface area (Å²) in [5.41, 5.74) is 0. The third kappa shape index (κ3) is 2.04. The molecule has 0 aliphatic heterocycles. The second-order valence-corrected chi connectivity index (χ2v) is 6.93. The molecule has 82 valence electrons. The van der Waals surface area contributed by atoms with E-state index in [2.05, 4.69) is 31.4 Å². The van der Waals surface area contributed by atoms with Crippen molar-refractivity contribution < 1.29 is 0 Å². The zero-order valence-electron chi connectivity index (χ0n) is 8.45. The van der Waals surface area contributed by atoms with E-state index in [-0.39, 0.29) is 0 Å². The van der Waals surface area contributed by atoms with Gasteiger partial charge in [-0.3, -0.25) is 0 Å². The molecule has 2 fully saturated rings. The molecule has 0 radical (unpaired) electrons. The molecule has 1 heterocycles. The summed E-state index contributed by atoms with van der Waals surface area (Å²) >= 11 is 4.90. The molecule has 1 aromatic heterocycles. The first-order valence-corrected chi connectivity index (χ1v) is 7.15. The van der Waals surface area contributed by atoms with Gasteiger partial charge in [-0.15, -0.1) is 10.2 Å². The number of aromatic nitrogens is 2. The minimum absolute atomic E-state index is 0.859. The Hall–Kier alpha value is -0.160. The van der Waals surface area contributed by atoms with E-state index in [1.54, 1.807) is 11.3 Å². The number of hydrogen-bond donors (Lipinski definition) is 1. The number of halogens is 1. The van der Waals surface area contributed by atoms with E-state index in [4.69, 9.17) is 0 Å². The van der Waals surface area contributed by atoms with Crippen LogP contribution in [0.4, 0.5) is 5.13 Å². The lowest BCUT2D eigenvalue weighted by Crippen LogP contribution is -2.19. The van der Waals surface area contributed by atoms with Gasteiger partial charge >= 0.3 is 0 Å². The van der Waals surface area contributed by atoms with Crippen LogP contribution in [0, 0.1) is 17.8 Å². The predicted molar refractivity (Wildman–Crippen MR) is 65.0 cm³/mol. The highest BCUT2D eigenvalue weighted by Crippen LogP contribution is 2.48. The maximum atomic E-state index is 4.05. The highest BCUT2D eigenvalue weighted by molar-refractivity contribution is 9.11. The number of hydrogen-bond acceptors (Lipinski definition) is 4. The Bertz CT molecular complexity index is 354. The van der Waals surface area contributed by atoms with Crippen molar-refractivity contribution in [2.24, 2.45) is 17.8 Å². The Morgan fingerprint density at radius 1 is 1.33 bits per heavy atom. The van der Waals surface area contributed by atoms with Crippen molar-refractivity contribution in [2.45, 2.75) is 25.7 Å². The molecular weight excluding hydrogens is 274 g/mol. The van der Waals surface area contributed by atoms with Gasteiger partial charge in [0.2, 0.25) is 5.13 Å². The smallest absolute Gasteiger partial charge is 0.206 e. The molecule has 0 aromatic carbocycles. The van der Waals surface area contributed by atoms with Crippen molar-refractivity contribution in [3.05, 3.63) is 3.92 Å². The van der Waals surface area contributed by atoms with Crippen LogP contribution in [0.15, 0.2) is 3.92 Å². The summed E-state index contributed by atoms with van der Waals surface area (Å²) in [6, 6.07) is 0. The van der Waals surface area contributed by atoms with Crippen molar-refractivity contribution in [3.63, 3.8) is 0 Å². The number of fused-ring (bicyclic) bond motifs is 2. The minimum Gasteiger partial charge on any atom is -0.360 e. The summed E-state index contributed by atoms with van der Waals surface area (Å²) in [4.78, 5) is 0. The van der Waals surface area contributed by atoms with Crippen molar-refractivity contribution in [1.29, 1.82) is 0 Å². The molecular formula is C10H14BrN3S. The molecule has 3 nitrogen and oxygen atoms in total. The molecule has 0 amide bonds. The SMILES string of the molecule is Brc1nnc(NCC2CC3CCC2C3)s1. The topological polar surface area (TPSA) is 37.8 Å². The molecule has 0 spiro atoms. The van der Waals surface area contributed by atoms with Crippen LogP contribution in [-0.4, -0.2) is 16.7 Å². The molecule has 5 heteroatoms. The van der Waals surface area contributed by atoms with Gasteiger partial charge in [0.05, 0.1) is 0 Å². The molecule has 15 heavy (non-hydrogen) atoms. The fourth-order valence-electron chi connectivity index (χ4n) is 3.12. The van der Waals surface area contributed by atoms with Gasteiger partial charge in [0, 0.05) is 6.54 Å². The Balaban J connectivity index is 1.54. The Kier molecular flexibility index (Phi) is 2.68. The molecule has 3 rings (SSSR count). The Labute approximate surface area is 102 Å². The average Bonchev–Trinajstić information content (AvgIpc) is 2.90. The summed E-state index contributed by atoms with van der Waals surface area (Å²) in [7, 11) is 0. The van der Waals surface area contributed by atoms with Gasteiger partial charge in [-0.1, -0.05) is 17.8 Å². The van der Waals surface area contributed by atoms with Gasteiger partial charge in [0.1, 0.15) is 0 Å². The second-order valence-electron chi connectivity index (χ2n) is 4.68. The molecule has 2 bridgehead atoms. The fourth-order valence-corrected chi connectivity index (χ4v) is 4.14. The number of nitrogens with zero attached hydrogens (tertiary/aromatic N) is 2. The van der Waals surface area contributed by atoms with E-state index < -0.39 is 0 Å². The number of anilines is 1. The molecule has 1 N–H and O–H groups in total. The van der Waals surface area contributed by atoms with Crippen molar-refractivity contribution in [3.8, 4) is 0 Å². The van der Waals surface area contributed by atoms with Crippen molar-refractivity contribution in [2.75, 3.05) is 11.9 Å². The van der Waals surface area contributed by atoms with Gasteiger partial charge in [-0.2, -0.15) is 0 Å². The fraction of sp³-hybridized carbons (Fsp3) is 0.800. The van der Waals surface area contributed by atoms with Crippen LogP contribution >= 0.6 is 27.3 Å². The lowest BCUT2D eigenvalue weighted by Gasteiger charge is -2.21. The van der Waals surface area contributed by atoms with Crippen LogP contribution in [0.1, 0.15) is 25.7 Å². The standard InChI is InChI=1S/C10H14BrN3S/c11-9-13-14-10(15-9)12-5-8-4-6-1-2-7(8)3-6/h6-8H,1-5H2,(H,12,14). The van der Waals surface area contributed by atoms with E-state index in [1.165, 1.54) is 25.7 Å². The summed E-state index contributed by atoms with van der Waals surface area (Å²) in [6.45, 7) is 1.09. The maximum absolute atomic E-state index is 4.05. The van der Waals surface area contributed by atoms with Gasteiger partial charge in [-0.25, -0.2) is 0 Å². The molecule has 0 saturated heterocycles. The quantitative estimate of drug-likeness (QED) is 0.928. The van der Waals surface area contributed by atoms with Crippen molar-refractivity contribution >= 4 is 32.4 Å². The van der Waals surface area contributed by atoms with E-state index in [1.807, 2.05) is 0 Å². The lowest BCUT2D eigenvalue weighted by molar-refractivity contribution is 0.348. The highest BCUT2D eigenvalue weighted by atomic mass is 79.9. The van der Waals surface area contributed by atoms with Gasteiger partial charge in [-0.05, 0) is 52.9 Å². The Morgan fingerprint density at radius 3 is 2.87 bits per heavy atom. The zero-order valence-corrected chi connectivity index (χ0v) is 10.9. The van der Waals surface area contributed by atoms with E-state index >= 15 is 0 Å². The van der Waals surface area contributed by atoms with Crippen LogP contribution in [0.3, 0.4) is 0 Å². The normalized spacial score (nSPS) is 33.5. The number of rotatable bonds is 3. The average molecular weight is 288 g/mol. The summed E-state index contributed by atoms with van der Waals surface area (Å²) in [5, 5.41) is 12.3. The predicted octanol–water partition coefficient (Wildman–Crippen LogP) is 3.15. The van der Waals surface area contributed by atoms with E-state index in [0.29, 0.717) is 0 Å². The van der Waals surface area contributed by atoms with Crippen LogP contribution in [0.2, 0.25) is 0 Å². The van der Waals surface area contributed by atoms with Crippen molar-refractivity contribution in [1.82, 2.24) is 10.2 Å². The van der Waals surface area contributed by atoms with E-state index in [9.17, 15) is 0 Å². The van der Waals surface area contributed by atoms with Crippen LogP contribution < -0.4 is 5.32 Å². The monoisotopic (exact) mass is 287 g/mol. The third-order valence-corrected chi connectivity index (χ3v) is 5.11. The molecule has 2 aliphatic carbocycles. The summed E-state index contributed by atoms with van der Waals surface area (Å²) < 4.78 is 0.859.